The van der Waals surface area contributed by atoms with Gasteiger partial charge in [-0.3, -0.25) is 0 Å². The van der Waals surface area contributed by atoms with Crippen LogP contribution in [0.5, 0.6) is 0 Å². The van der Waals surface area contributed by atoms with Crippen LogP contribution in [0, 0.1) is 12.8 Å². The number of hydrogen-bond donors (Lipinski definition) is 1. The van der Waals surface area contributed by atoms with E-state index in [9.17, 15) is 0 Å². The van der Waals surface area contributed by atoms with E-state index in [4.69, 9.17) is 0 Å². The van der Waals surface area contributed by atoms with E-state index in [2.05, 4.69) is 60.2 Å². The second-order valence-corrected chi connectivity index (χ2v) is 6.02. The van der Waals surface area contributed by atoms with Crippen molar-refractivity contribution < 1.29 is 0 Å². The van der Waals surface area contributed by atoms with E-state index in [0.717, 1.165) is 19.0 Å². The van der Waals surface area contributed by atoms with Gasteiger partial charge in [-0.25, -0.2) is 0 Å². The van der Waals surface area contributed by atoms with Crippen molar-refractivity contribution in [3.8, 4) is 0 Å². The lowest BCUT2D eigenvalue weighted by atomic mass is 10.1. The lowest BCUT2D eigenvalue weighted by Gasteiger charge is -2.08. The first-order chi connectivity index (χ1) is 8.09. The topological polar surface area (TPSA) is 12.0 Å². The number of unbranched alkanes of at least 4 members (excludes halogenated alkanes) is 1. The van der Waals surface area contributed by atoms with Gasteiger partial charge < -0.3 is 5.32 Å². The zero-order valence-corrected chi connectivity index (χ0v) is 12.8. The summed E-state index contributed by atoms with van der Waals surface area (Å²) in [5.74, 6) is 0.834. The summed E-state index contributed by atoms with van der Waals surface area (Å²) in [6.45, 7) is 8.77. The Bertz CT molecular complexity index is 334. The molecule has 0 radical (unpaired) electrons. The molecule has 0 spiro atoms. The highest BCUT2D eigenvalue weighted by atomic mass is 79.9. The van der Waals surface area contributed by atoms with Crippen LogP contribution in [0.3, 0.4) is 0 Å². The molecule has 1 nitrogen and oxygen atoms in total. The number of hydrogen-bond acceptors (Lipinski definition) is 1. The van der Waals surface area contributed by atoms with E-state index in [0.29, 0.717) is 0 Å². The fourth-order valence-electron chi connectivity index (χ4n) is 1.82. The maximum atomic E-state index is 3.61. The molecule has 0 heterocycles. The predicted octanol–water partition coefficient (Wildman–Crippen LogP) is 4.67. The summed E-state index contributed by atoms with van der Waals surface area (Å²) in [6.07, 6.45) is 3.96. The van der Waals surface area contributed by atoms with Crippen molar-refractivity contribution in [1.29, 1.82) is 0 Å². The molecule has 17 heavy (non-hydrogen) atoms. The van der Waals surface area contributed by atoms with E-state index in [-0.39, 0.29) is 0 Å². The Kier molecular flexibility index (Phi) is 6.83. The van der Waals surface area contributed by atoms with E-state index < -0.39 is 0 Å². The Labute approximate surface area is 114 Å². The Balaban J connectivity index is 2.18. The number of aryl methyl sites for hydroxylation is 1. The summed E-state index contributed by atoms with van der Waals surface area (Å²) in [6, 6.07) is 6.54. The Morgan fingerprint density at radius 1 is 1.24 bits per heavy atom. The average Bonchev–Trinajstić information content (AvgIpc) is 2.25. The predicted molar refractivity (Wildman–Crippen MR) is 79.3 cm³/mol. The first-order valence-electron chi connectivity index (χ1n) is 6.55. The van der Waals surface area contributed by atoms with Crippen molar-refractivity contribution >= 4 is 15.9 Å². The van der Waals surface area contributed by atoms with Crippen LogP contribution in [0.15, 0.2) is 22.7 Å². The standard InChI is InChI=1S/C15H24BrN/c1-12(2)6-4-5-9-17-11-14-8-7-13(3)10-15(14)16/h7-8,10,12,17H,4-6,9,11H2,1-3H3. The van der Waals surface area contributed by atoms with Gasteiger partial charge in [0.15, 0.2) is 0 Å². The number of halogens is 1. The Morgan fingerprint density at radius 2 is 2.00 bits per heavy atom. The molecule has 0 bridgehead atoms. The SMILES string of the molecule is Cc1ccc(CNCCCCC(C)C)c(Br)c1. The molecule has 0 fully saturated rings. The van der Waals surface area contributed by atoms with E-state index in [1.807, 2.05) is 0 Å². The zero-order valence-electron chi connectivity index (χ0n) is 11.2. The largest absolute Gasteiger partial charge is 0.313 e. The normalized spacial score (nSPS) is 11.1. The number of benzene rings is 1. The maximum Gasteiger partial charge on any atom is 0.0222 e. The highest BCUT2D eigenvalue weighted by Crippen LogP contribution is 2.18. The Morgan fingerprint density at radius 3 is 2.65 bits per heavy atom. The molecule has 0 aliphatic carbocycles. The summed E-state index contributed by atoms with van der Waals surface area (Å²) < 4.78 is 1.21. The maximum absolute atomic E-state index is 3.61. The molecule has 0 saturated heterocycles. The summed E-state index contributed by atoms with van der Waals surface area (Å²) in [4.78, 5) is 0. The zero-order chi connectivity index (χ0) is 12.7. The molecule has 0 aromatic heterocycles. The number of nitrogens with one attached hydrogen (secondary N) is 1. The van der Waals surface area contributed by atoms with Crippen LogP contribution in [0.25, 0.3) is 0 Å². The molecule has 0 amide bonds. The second-order valence-electron chi connectivity index (χ2n) is 5.16. The first-order valence-corrected chi connectivity index (χ1v) is 7.34. The third-order valence-electron chi connectivity index (χ3n) is 2.91. The van der Waals surface area contributed by atoms with Gasteiger partial charge in [-0.15, -0.1) is 0 Å². The van der Waals surface area contributed by atoms with Crippen LogP contribution in [-0.4, -0.2) is 6.54 Å². The van der Waals surface area contributed by atoms with Crippen LogP contribution in [0.4, 0.5) is 0 Å². The molecule has 0 aliphatic rings. The molecule has 0 unspecified atom stereocenters. The van der Waals surface area contributed by atoms with Gasteiger partial charge in [-0.1, -0.05) is 54.8 Å². The lowest BCUT2D eigenvalue weighted by molar-refractivity contribution is 0.520. The van der Waals surface area contributed by atoms with Crippen molar-refractivity contribution in [2.24, 2.45) is 5.92 Å². The first kappa shape index (κ1) is 14.7. The monoisotopic (exact) mass is 297 g/mol. The van der Waals surface area contributed by atoms with Gasteiger partial charge in [0.25, 0.3) is 0 Å². The smallest absolute Gasteiger partial charge is 0.0222 e. The van der Waals surface area contributed by atoms with Crippen molar-refractivity contribution in [2.75, 3.05) is 6.54 Å². The molecule has 0 aliphatic heterocycles. The molecule has 1 aromatic rings. The van der Waals surface area contributed by atoms with Gasteiger partial charge in [-0.2, -0.15) is 0 Å². The summed E-state index contributed by atoms with van der Waals surface area (Å²) in [5.41, 5.74) is 2.65. The summed E-state index contributed by atoms with van der Waals surface area (Å²) in [5, 5.41) is 3.51. The molecule has 2 heteroatoms. The van der Waals surface area contributed by atoms with Gasteiger partial charge in [-0.05, 0) is 43.0 Å². The van der Waals surface area contributed by atoms with Gasteiger partial charge in [0.05, 0.1) is 0 Å². The molecule has 1 aromatic carbocycles. The molecule has 1 rings (SSSR count). The van der Waals surface area contributed by atoms with Crippen LogP contribution in [0.1, 0.15) is 44.2 Å². The highest BCUT2D eigenvalue weighted by molar-refractivity contribution is 9.10. The third kappa shape index (κ3) is 6.23. The average molecular weight is 298 g/mol. The minimum atomic E-state index is 0.834. The molecule has 0 saturated carbocycles. The van der Waals surface area contributed by atoms with Gasteiger partial charge in [0.2, 0.25) is 0 Å². The van der Waals surface area contributed by atoms with E-state index in [1.54, 1.807) is 0 Å². The van der Waals surface area contributed by atoms with E-state index >= 15 is 0 Å². The van der Waals surface area contributed by atoms with Crippen LogP contribution in [-0.2, 0) is 6.54 Å². The third-order valence-corrected chi connectivity index (χ3v) is 3.65. The van der Waals surface area contributed by atoms with Crippen LogP contribution >= 0.6 is 15.9 Å². The number of rotatable bonds is 7. The van der Waals surface area contributed by atoms with Crippen LogP contribution < -0.4 is 5.32 Å². The van der Waals surface area contributed by atoms with Crippen molar-refractivity contribution in [2.45, 2.75) is 46.6 Å². The minimum Gasteiger partial charge on any atom is -0.313 e. The van der Waals surface area contributed by atoms with E-state index in [1.165, 1.54) is 34.9 Å². The summed E-state index contributed by atoms with van der Waals surface area (Å²) >= 11 is 3.61. The van der Waals surface area contributed by atoms with Crippen molar-refractivity contribution in [3.05, 3.63) is 33.8 Å². The van der Waals surface area contributed by atoms with Gasteiger partial charge >= 0.3 is 0 Å². The minimum absolute atomic E-state index is 0.834. The van der Waals surface area contributed by atoms with Crippen molar-refractivity contribution in [1.82, 2.24) is 5.32 Å². The summed E-state index contributed by atoms with van der Waals surface area (Å²) in [7, 11) is 0. The molecule has 1 N–H and O–H groups in total. The van der Waals surface area contributed by atoms with Gasteiger partial charge in [0, 0.05) is 11.0 Å². The lowest BCUT2D eigenvalue weighted by Crippen LogP contribution is -2.15. The van der Waals surface area contributed by atoms with Crippen LogP contribution in [0.2, 0.25) is 0 Å². The molecule has 0 atom stereocenters. The molecule has 96 valence electrons. The molecular formula is C15H24BrN. The Hall–Kier alpha value is -0.340. The fourth-order valence-corrected chi connectivity index (χ4v) is 2.45. The van der Waals surface area contributed by atoms with Gasteiger partial charge in [0.1, 0.15) is 0 Å². The second kappa shape index (κ2) is 7.88. The quantitative estimate of drug-likeness (QED) is 0.721. The highest BCUT2D eigenvalue weighted by Gasteiger charge is 1.99. The van der Waals surface area contributed by atoms with Crippen molar-refractivity contribution in [3.63, 3.8) is 0 Å². The molecular weight excluding hydrogens is 274 g/mol. The fraction of sp³-hybridized carbons (Fsp3) is 0.600.